The van der Waals surface area contributed by atoms with Gasteiger partial charge in [-0.05, 0) is 12.5 Å². The van der Waals surface area contributed by atoms with Gasteiger partial charge in [-0.2, -0.15) is 0 Å². The van der Waals surface area contributed by atoms with Crippen LogP contribution < -0.4 is 10.6 Å². The molecule has 1 aromatic rings. The van der Waals surface area contributed by atoms with E-state index in [1.165, 1.54) is 5.56 Å². The molecule has 0 atom stereocenters. The number of hydrogen-bond acceptors (Lipinski definition) is 3. The fourth-order valence-electron chi connectivity index (χ4n) is 1.78. The van der Waals surface area contributed by atoms with Crippen LogP contribution in [0.5, 0.6) is 0 Å². The van der Waals surface area contributed by atoms with Crippen LogP contribution in [0.1, 0.15) is 12.5 Å². The third kappa shape index (κ3) is 3.30. The number of ether oxygens (including phenoxy) is 1. The van der Waals surface area contributed by atoms with Crippen LogP contribution in [-0.2, 0) is 11.3 Å². The first kappa shape index (κ1) is 11.6. The summed E-state index contributed by atoms with van der Waals surface area (Å²) >= 11 is 0. The zero-order valence-electron chi connectivity index (χ0n) is 9.83. The second-order valence-electron chi connectivity index (χ2n) is 4.56. The summed E-state index contributed by atoms with van der Waals surface area (Å²) < 4.78 is 5.78. The van der Waals surface area contributed by atoms with Gasteiger partial charge < -0.3 is 15.4 Å². The average Bonchev–Trinajstić information content (AvgIpc) is 2.28. The van der Waals surface area contributed by atoms with Gasteiger partial charge in [-0.1, -0.05) is 30.3 Å². The van der Waals surface area contributed by atoms with Crippen LogP contribution in [0.3, 0.4) is 0 Å². The molecule has 2 rings (SSSR count). The van der Waals surface area contributed by atoms with E-state index in [-0.39, 0.29) is 5.60 Å². The Hall–Kier alpha value is -0.900. The number of benzene rings is 1. The van der Waals surface area contributed by atoms with E-state index in [0.29, 0.717) is 0 Å². The van der Waals surface area contributed by atoms with E-state index in [9.17, 15) is 0 Å². The third-order valence-corrected chi connectivity index (χ3v) is 2.90. The molecule has 0 spiro atoms. The van der Waals surface area contributed by atoms with E-state index in [1.807, 2.05) is 6.07 Å². The highest BCUT2D eigenvalue weighted by atomic mass is 16.5. The minimum absolute atomic E-state index is 0.0778. The predicted octanol–water partition coefficient (Wildman–Crippen LogP) is 1.15. The van der Waals surface area contributed by atoms with Crippen LogP contribution in [-0.4, -0.2) is 31.8 Å². The molecule has 1 saturated heterocycles. The highest BCUT2D eigenvalue weighted by Gasteiger charge is 2.31. The maximum Gasteiger partial charge on any atom is 0.0902 e. The number of nitrogens with one attached hydrogen (secondary N) is 2. The molecule has 3 heteroatoms. The van der Waals surface area contributed by atoms with E-state index in [0.717, 1.165) is 32.8 Å². The Morgan fingerprint density at radius 2 is 2.06 bits per heavy atom. The van der Waals surface area contributed by atoms with Crippen molar-refractivity contribution in [3.63, 3.8) is 0 Å². The summed E-state index contributed by atoms with van der Waals surface area (Å²) in [5, 5.41) is 6.60. The van der Waals surface area contributed by atoms with Crippen LogP contribution in [0.2, 0.25) is 0 Å². The summed E-state index contributed by atoms with van der Waals surface area (Å²) in [5.74, 6) is 0. The van der Waals surface area contributed by atoms with E-state index in [1.54, 1.807) is 0 Å². The first-order chi connectivity index (χ1) is 7.79. The maximum atomic E-state index is 5.78. The molecule has 1 aliphatic heterocycles. The highest BCUT2D eigenvalue weighted by molar-refractivity contribution is 5.14. The summed E-state index contributed by atoms with van der Waals surface area (Å²) in [5.41, 5.74) is 1.40. The standard InChI is InChI=1S/C13H20N2O/c1-13(10-15-11-13)16-8-7-14-9-12-5-3-2-4-6-12/h2-6,14-15H,7-11H2,1H3. The lowest BCUT2D eigenvalue weighted by atomic mass is 10.0. The molecular weight excluding hydrogens is 200 g/mol. The van der Waals surface area contributed by atoms with Crippen molar-refractivity contribution in [1.82, 2.24) is 10.6 Å². The van der Waals surface area contributed by atoms with Gasteiger partial charge in [-0.15, -0.1) is 0 Å². The minimum atomic E-state index is 0.0778. The molecule has 3 nitrogen and oxygen atoms in total. The lowest BCUT2D eigenvalue weighted by molar-refractivity contribution is -0.0648. The van der Waals surface area contributed by atoms with E-state index >= 15 is 0 Å². The molecule has 2 N–H and O–H groups in total. The van der Waals surface area contributed by atoms with Gasteiger partial charge in [0, 0.05) is 26.2 Å². The normalized spacial score (nSPS) is 18.1. The van der Waals surface area contributed by atoms with E-state index < -0.39 is 0 Å². The van der Waals surface area contributed by atoms with Crippen molar-refractivity contribution >= 4 is 0 Å². The van der Waals surface area contributed by atoms with Crippen LogP contribution in [0.15, 0.2) is 30.3 Å². The molecule has 88 valence electrons. The molecule has 0 aromatic heterocycles. The lowest BCUT2D eigenvalue weighted by Crippen LogP contribution is -2.59. The smallest absolute Gasteiger partial charge is 0.0902 e. The first-order valence-corrected chi connectivity index (χ1v) is 5.88. The van der Waals surface area contributed by atoms with E-state index in [4.69, 9.17) is 4.74 Å². The van der Waals surface area contributed by atoms with Crippen molar-refractivity contribution in [3.05, 3.63) is 35.9 Å². The summed E-state index contributed by atoms with van der Waals surface area (Å²) in [4.78, 5) is 0. The van der Waals surface area contributed by atoms with E-state index in [2.05, 4.69) is 41.8 Å². The van der Waals surface area contributed by atoms with Gasteiger partial charge in [-0.3, -0.25) is 0 Å². The van der Waals surface area contributed by atoms with Crippen molar-refractivity contribution < 1.29 is 4.74 Å². The molecule has 0 amide bonds. The van der Waals surface area contributed by atoms with Crippen molar-refractivity contribution in [1.29, 1.82) is 0 Å². The summed E-state index contributed by atoms with van der Waals surface area (Å²) in [6, 6.07) is 10.4. The maximum absolute atomic E-state index is 5.78. The second kappa shape index (κ2) is 5.43. The fourth-order valence-corrected chi connectivity index (χ4v) is 1.78. The first-order valence-electron chi connectivity index (χ1n) is 5.88. The quantitative estimate of drug-likeness (QED) is 0.706. The van der Waals surface area contributed by atoms with Crippen molar-refractivity contribution in [2.75, 3.05) is 26.2 Å². The Balaban J connectivity index is 1.55. The molecule has 1 aromatic carbocycles. The van der Waals surface area contributed by atoms with Crippen LogP contribution >= 0.6 is 0 Å². The second-order valence-corrected chi connectivity index (χ2v) is 4.56. The molecule has 1 heterocycles. The Labute approximate surface area is 97.2 Å². The molecular formula is C13H20N2O. The molecule has 16 heavy (non-hydrogen) atoms. The van der Waals surface area contributed by atoms with Crippen LogP contribution in [0.25, 0.3) is 0 Å². The predicted molar refractivity (Wildman–Crippen MR) is 65.4 cm³/mol. The van der Waals surface area contributed by atoms with Gasteiger partial charge in [0.15, 0.2) is 0 Å². The topological polar surface area (TPSA) is 33.3 Å². The van der Waals surface area contributed by atoms with Crippen LogP contribution in [0, 0.1) is 0 Å². The Morgan fingerprint density at radius 3 is 2.69 bits per heavy atom. The largest absolute Gasteiger partial charge is 0.371 e. The fraction of sp³-hybridized carbons (Fsp3) is 0.538. The van der Waals surface area contributed by atoms with Gasteiger partial charge in [0.05, 0.1) is 12.2 Å². The van der Waals surface area contributed by atoms with Gasteiger partial charge in [0.1, 0.15) is 0 Å². The molecule has 1 aliphatic rings. The summed E-state index contributed by atoms with van der Waals surface area (Å²) in [6.07, 6.45) is 0. The Bertz CT molecular complexity index is 309. The van der Waals surface area contributed by atoms with Crippen molar-refractivity contribution in [3.8, 4) is 0 Å². The van der Waals surface area contributed by atoms with Gasteiger partial charge in [-0.25, -0.2) is 0 Å². The summed E-state index contributed by atoms with van der Waals surface area (Å²) in [7, 11) is 0. The molecule has 0 saturated carbocycles. The molecule has 0 unspecified atom stereocenters. The zero-order chi connectivity index (χ0) is 11.3. The Kier molecular flexibility index (Phi) is 3.93. The van der Waals surface area contributed by atoms with Gasteiger partial charge in [0.2, 0.25) is 0 Å². The van der Waals surface area contributed by atoms with Crippen molar-refractivity contribution in [2.24, 2.45) is 0 Å². The lowest BCUT2D eigenvalue weighted by Gasteiger charge is -2.39. The van der Waals surface area contributed by atoms with Crippen LogP contribution in [0.4, 0.5) is 0 Å². The molecule has 1 fully saturated rings. The third-order valence-electron chi connectivity index (χ3n) is 2.90. The SMILES string of the molecule is CC1(OCCNCc2ccccc2)CNC1. The Morgan fingerprint density at radius 1 is 1.31 bits per heavy atom. The number of hydrogen-bond donors (Lipinski definition) is 2. The van der Waals surface area contributed by atoms with Gasteiger partial charge >= 0.3 is 0 Å². The molecule has 0 radical (unpaired) electrons. The monoisotopic (exact) mass is 220 g/mol. The summed E-state index contributed by atoms with van der Waals surface area (Å²) in [6.45, 7) is 6.72. The highest BCUT2D eigenvalue weighted by Crippen LogP contribution is 2.14. The molecule has 0 aliphatic carbocycles. The molecule has 0 bridgehead atoms. The zero-order valence-corrected chi connectivity index (χ0v) is 9.83. The minimum Gasteiger partial charge on any atom is -0.371 e. The van der Waals surface area contributed by atoms with Crippen molar-refractivity contribution in [2.45, 2.75) is 19.1 Å². The average molecular weight is 220 g/mol. The van der Waals surface area contributed by atoms with Gasteiger partial charge in [0.25, 0.3) is 0 Å². The number of rotatable bonds is 6.